The number of halogens is 3. The molecule has 3 rings (SSSR count). The Balaban J connectivity index is 1.97. The van der Waals surface area contributed by atoms with Crippen molar-refractivity contribution in [2.24, 2.45) is 0 Å². The van der Waals surface area contributed by atoms with E-state index >= 15 is 0 Å². The number of hydrogen-bond donors (Lipinski definition) is 1. The molecule has 0 spiro atoms. The summed E-state index contributed by atoms with van der Waals surface area (Å²) in [6.07, 6.45) is -4.52. The van der Waals surface area contributed by atoms with Crippen LogP contribution in [-0.2, 0) is 15.8 Å². The zero-order chi connectivity index (χ0) is 18.4. The molecule has 0 radical (unpaired) electrons. The molecule has 2 amide bonds. The third-order valence-corrected chi connectivity index (χ3v) is 3.85. The predicted octanol–water partition coefficient (Wildman–Crippen LogP) is 3.86. The molecule has 1 heterocycles. The van der Waals surface area contributed by atoms with Gasteiger partial charge in [0.25, 0.3) is 5.91 Å². The number of alkyl halides is 3. The first kappa shape index (κ1) is 16.8. The molecule has 7 heteroatoms. The van der Waals surface area contributed by atoms with Crippen molar-refractivity contribution >= 4 is 23.1 Å². The third kappa shape index (κ3) is 2.88. The number of hydrogen-bond acceptors (Lipinski definition) is 3. The van der Waals surface area contributed by atoms with Gasteiger partial charge in [-0.25, -0.2) is 4.90 Å². The van der Waals surface area contributed by atoms with E-state index in [0.717, 1.165) is 29.8 Å². The second-order valence-corrected chi connectivity index (χ2v) is 5.58. The monoisotopic (exact) mass is 347 g/mol. The van der Waals surface area contributed by atoms with Gasteiger partial charge >= 0.3 is 12.1 Å². The van der Waals surface area contributed by atoms with Crippen LogP contribution in [-0.4, -0.2) is 16.9 Å². The maximum absolute atomic E-state index is 12.6. The Kier molecular flexibility index (Phi) is 3.87. The predicted molar refractivity (Wildman–Crippen MR) is 84.7 cm³/mol. The summed E-state index contributed by atoms with van der Waals surface area (Å²) in [6.45, 7) is 1.84. The van der Waals surface area contributed by atoms with Gasteiger partial charge in [-0.05, 0) is 36.8 Å². The van der Waals surface area contributed by atoms with E-state index in [1.165, 1.54) is 0 Å². The van der Waals surface area contributed by atoms with Crippen LogP contribution >= 0.6 is 0 Å². The number of carbonyl (C=O) groups is 2. The lowest BCUT2D eigenvalue weighted by atomic mass is 10.0. The molecule has 0 unspecified atom stereocenters. The van der Waals surface area contributed by atoms with E-state index < -0.39 is 29.3 Å². The highest BCUT2D eigenvalue weighted by Gasteiger charge is 2.40. The van der Waals surface area contributed by atoms with Gasteiger partial charge in [-0.2, -0.15) is 13.2 Å². The largest absolute Gasteiger partial charge is 0.502 e. The summed E-state index contributed by atoms with van der Waals surface area (Å²) in [6, 6.07) is 10.2. The minimum absolute atomic E-state index is 0.0448. The van der Waals surface area contributed by atoms with Gasteiger partial charge in [-0.3, -0.25) is 9.59 Å². The zero-order valence-corrected chi connectivity index (χ0v) is 13.0. The van der Waals surface area contributed by atoms with Crippen LogP contribution in [0.15, 0.2) is 54.3 Å². The second-order valence-electron chi connectivity index (χ2n) is 5.58. The number of aliphatic hydroxyl groups is 1. The highest BCUT2D eigenvalue weighted by atomic mass is 19.4. The zero-order valence-electron chi connectivity index (χ0n) is 13.0. The molecule has 1 N–H and O–H groups in total. The first-order valence-electron chi connectivity index (χ1n) is 7.26. The average molecular weight is 347 g/mol. The van der Waals surface area contributed by atoms with E-state index in [0.29, 0.717) is 10.5 Å². The van der Waals surface area contributed by atoms with Crippen LogP contribution in [0.4, 0.5) is 18.9 Å². The first-order chi connectivity index (χ1) is 11.7. The van der Waals surface area contributed by atoms with Gasteiger partial charge in [0.15, 0.2) is 5.76 Å². The Bertz CT molecular complexity index is 881. The Hall–Kier alpha value is -3.09. The number of aryl methyl sites for hydroxylation is 1. The minimum atomic E-state index is -4.52. The summed E-state index contributed by atoms with van der Waals surface area (Å²) >= 11 is 0. The van der Waals surface area contributed by atoms with Gasteiger partial charge in [-0.1, -0.05) is 29.8 Å². The number of anilines is 1. The highest BCUT2D eigenvalue weighted by Crippen LogP contribution is 2.34. The SMILES string of the molecule is Cc1ccc(C2=C(O)C(=O)N(c3ccc(C(F)(F)F)cc3)C2=O)cc1. The normalized spacial score (nSPS) is 15.3. The summed E-state index contributed by atoms with van der Waals surface area (Å²) in [5.74, 6) is -2.49. The van der Waals surface area contributed by atoms with Crippen molar-refractivity contribution in [1.29, 1.82) is 0 Å². The number of aliphatic hydroxyl groups excluding tert-OH is 1. The molecule has 0 fully saturated rings. The van der Waals surface area contributed by atoms with Crippen molar-refractivity contribution in [2.75, 3.05) is 4.90 Å². The van der Waals surface area contributed by atoms with E-state index in [9.17, 15) is 27.9 Å². The standard InChI is InChI=1S/C18H12F3NO3/c1-10-2-4-11(5-3-10)14-15(23)17(25)22(16(14)24)13-8-6-12(7-9-13)18(19,20)21/h2-9,23H,1H3. The van der Waals surface area contributed by atoms with Gasteiger partial charge < -0.3 is 5.11 Å². The summed E-state index contributed by atoms with van der Waals surface area (Å²) in [5, 5.41) is 10.1. The van der Waals surface area contributed by atoms with Gasteiger partial charge in [0, 0.05) is 0 Å². The van der Waals surface area contributed by atoms with Gasteiger partial charge in [0.2, 0.25) is 0 Å². The second kappa shape index (κ2) is 5.77. The van der Waals surface area contributed by atoms with Crippen molar-refractivity contribution < 1.29 is 27.9 Å². The molecule has 0 saturated carbocycles. The summed E-state index contributed by atoms with van der Waals surface area (Å²) < 4.78 is 37.9. The lowest BCUT2D eigenvalue weighted by Crippen LogP contribution is -2.31. The molecule has 1 aliphatic heterocycles. The minimum Gasteiger partial charge on any atom is -0.502 e. The van der Waals surface area contributed by atoms with Crippen LogP contribution in [0.25, 0.3) is 5.57 Å². The fourth-order valence-corrected chi connectivity index (χ4v) is 2.53. The van der Waals surface area contributed by atoms with Crippen molar-refractivity contribution in [3.63, 3.8) is 0 Å². The van der Waals surface area contributed by atoms with Crippen LogP contribution in [0.5, 0.6) is 0 Å². The van der Waals surface area contributed by atoms with Crippen molar-refractivity contribution in [2.45, 2.75) is 13.1 Å². The topological polar surface area (TPSA) is 57.6 Å². The smallest absolute Gasteiger partial charge is 0.416 e. The summed E-state index contributed by atoms with van der Waals surface area (Å²) in [4.78, 5) is 25.4. The third-order valence-electron chi connectivity index (χ3n) is 3.85. The highest BCUT2D eigenvalue weighted by molar-refractivity contribution is 6.44. The van der Waals surface area contributed by atoms with Crippen molar-refractivity contribution in [3.05, 3.63) is 71.0 Å². The fourth-order valence-electron chi connectivity index (χ4n) is 2.53. The van der Waals surface area contributed by atoms with Gasteiger partial charge in [0.1, 0.15) is 0 Å². The number of nitrogens with zero attached hydrogens (tertiary/aromatic N) is 1. The maximum atomic E-state index is 12.6. The number of imide groups is 1. The molecule has 1 aliphatic rings. The number of carbonyl (C=O) groups excluding carboxylic acids is 2. The molecule has 0 atom stereocenters. The molecule has 0 aromatic heterocycles. The fraction of sp³-hybridized carbons (Fsp3) is 0.111. The van der Waals surface area contributed by atoms with Crippen LogP contribution in [0.1, 0.15) is 16.7 Å². The molecule has 2 aromatic carbocycles. The van der Waals surface area contributed by atoms with E-state index in [2.05, 4.69) is 0 Å². The molecule has 25 heavy (non-hydrogen) atoms. The molecular weight excluding hydrogens is 335 g/mol. The molecule has 0 saturated heterocycles. The summed E-state index contributed by atoms with van der Waals surface area (Å²) in [7, 11) is 0. The number of amides is 2. The molecule has 2 aromatic rings. The van der Waals surface area contributed by atoms with Crippen molar-refractivity contribution in [1.82, 2.24) is 0 Å². The number of benzene rings is 2. The lowest BCUT2D eigenvalue weighted by Gasteiger charge is -2.15. The van der Waals surface area contributed by atoms with Crippen LogP contribution < -0.4 is 4.90 Å². The first-order valence-corrected chi connectivity index (χ1v) is 7.26. The molecular formula is C18H12F3NO3. The Labute approximate surface area is 140 Å². The molecule has 0 aliphatic carbocycles. The number of rotatable bonds is 2. The van der Waals surface area contributed by atoms with E-state index in [1.807, 2.05) is 6.92 Å². The molecule has 0 bridgehead atoms. The van der Waals surface area contributed by atoms with Crippen LogP contribution in [0, 0.1) is 6.92 Å². The molecule has 128 valence electrons. The average Bonchev–Trinajstić information content (AvgIpc) is 2.78. The Morgan fingerprint density at radius 2 is 1.44 bits per heavy atom. The molecule has 4 nitrogen and oxygen atoms in total. The van der Waals surface area contributed by atoms with Crippen molar-refractivity contribution in [3.8, 4) is 0 Å². The van der Waals surface area contributed by atoms with E-state index in [4.69, 9.17) is 0 Å². The maximum Gasteiger partial charge on any atom is 0.416 e. The van der Waals surface area contributed by atoms with Gasteiger partial charge in [0.05, 0.1) is 16.8 Å². The Morgan fingerprint density at radius 3 is 1.96 bits per heavy atom. The lowest BCUT2D eigenvalue weighted by molar-refractivity contribution is -0.137. The Morgan fingerprint density at radius 1 is 0.880 bits per heavy atom. The van der Waals surface area contributed by atoms with E-state index in [1.54, 1.807) is 24.3 Å². The quantitative estimate of drug-likeness (QED) is 0.840. The van der Waals surface area contributed by atoms with Gasteiger partial charge in [-0.15, -0.1) is 0 Å². The van der Waals surface area contributed by atoms with Crippen LogP contribution in [0.2, 0.25) is 0 Å². The summed E-state index contributed by atoms with van der Waals surface area (Å²) in [5.41, 5.74) is 0.170. The van der Waals surface area contributed by atoms with Crippen LogP contribution in [0.3, 0.4) is 0 Å². The van der Waals surface area contributed by atoms with E-state index in [-0.39, 0.29) is 11.3 Å².